The van der Waals surface area contributed by atoms with Crippen LogP contribution in [0.1, 0.15) is 75.1 Å². The molecule has 6 rings (SSSR count). The summed E-state index contributed by atoms with van der Waals surface area (Å²) in [6.07, 6.45) is 1.00. The van der Waals surface area contributed by atoms with Gasteiger partial charge in [0.25, 0.3) is 5.82 Å². The molecule has 0 atom stereocenters. The summed E-state index contributed by atoms with van der Waals surface area (Å²) in [6.45, 7) is 16.1. The zero-order chi connectivity index (χ0) is 29.7. The van der Waals surface area contributed by atoms with E-state index in [1.54, 1.807) is 0 Å². The first-order valence-corrected chi connectivity index (χ1v) is 16.1. The molecule has 0 saturated carbocycles. The Labute approximate surface area is 254 Å². The van der Waals surface area contributed by atoms with E-state index in [-0.39, 0.29) is 0 Å². The summed E-state index contributed by atoms with van der Waals surface area (Å²) in [5, 5.41) is 1.22. The Morgan fingerprint density at radius 1 is 0.786 bits per heavy atom. The van der Waals surface area contributed by atoms with Crippen molar-refractivity contribution in [2.75, 3.05) is 0 Å². The highest BCUT2D eigenvalue weighted by Crippen LogP contribution is 2.42. The van der Waals surface area contributed by atoms with Crippen molar-refractivity contribution in [2.24, 2.45) is 13.0 Å². The average Bonchev–Trinajstić information content (AvgIpc) is 3.50. The molecule has 0 fully saturated rings. The van der Waals surface area contributed by atoms with Gasteiger partial charge in [-0.2, -0.15) is 4.57 Å². The van der Waals surface area contributed by atoms with E-state index in [4.69, 9.17) is 4.98 Å². The molecule has 4 aromatic carbocycles. The summed E-state index contributed by atoms with van der Waals surface area (Å²) in [7, 11) is 2.23. The number of rotatable bonds is 7. The Bertz CT molecular complexity index is 1880. The van der Waals surface area contributed by atoms with Crippen LogP contribution < -0.4 is 4.57 Å². The topological polar surface area (TPSA) is 21.7 Å². The van der Waals surface area contributed by atoms with Crippen LogP contribution >= 0.6 is 11.3 Å². The van der Waals surface area contributed by atoms with Gasteiger partial charge in [0, 0.05) is 17.5 Å². The molecule has 6 aromatic rings. The number of nitrogens with zero attached hydrogens (tertiary/aromatic N) is 3. The molecule has 0 N–H and O–H groups in total. The predicted molar refractivity (Wildman–Crippen MR) is 180 cm³/mol. The van der Waals surface area contributed by atoms with Crippen molar-refractivity contribution < 1.29 is 4.57 Å². The summed E-state index contributed by atoms with van der Waals surface area (Å²) in [5.41, 5.74) is 12.7. The molecule has 42 heavy (non-hydrogen) atoms. The summed E-state index contributed by atoms with van der Waals surface area (Å²) in [5.74, 6) is 2.48. The maximum Gasteiger partial charge on any atom is 0.296 e. The van der Waals surface area contributed by atoms with Gasteiger partial charge in [0.15, 0.2) is 11.0 Å². The maximum absolute atomic E-state index is 5.10. The van der Waals surface area contributed by atoms with Crippen LogP contribution in [-0.4, -0.2) is 9.55 Å². The number of fused-ring (bicyclic) bond motifs is 2. The van der Waals surface area contributed by atoms with Gasteiger partial charge in [-0.05, 0) is 71.7 Å². The molecule has 3 nitrogen and oxygen atoms in total. The van der Waals surface area contributed by atoms with E-state index in [1.807, 2.05) is 11.3 Å². The Morgan fingerprint density at radius 2 is 1.43 bits per heavy atom. The second-order valence-electron chi connectivity index (χ2n) is 12.7. The highest BCUT2D eigenvalue weighted by molar-refractivity contribution is 7.19. The molecule has 0 bridgehead atoms. The van der Waals surface area contributed by atoms with Gasteiger partial charge in [0.05, 0.1) is 27.8 Å². The lowest BCUT2D eigenvalue weighted by molar-refractivity contribution is -0.633. The number of benzene rings is 4. The third-order valence-corrected chi connectivity index (χ3v) is 9.48. The van der Waals surface area contributed by atoms with E-state index in [9.17, 15) is 0 Å². The first-order valence-electron chi connectivity index (χ1n) is 15.3. The third-order valence-electron chi connectivity index (χ3n) is 8.37. The Kier molecular flexibility index (Phi) is 7.53. The minimum Gasteiger partial charge on any atom is -0.241 e. The fraction of sp³-hybridized carbons (Fsp3) is 0.316. The Balaban J connectivity index is 1.75. The summed E-state index contributed by atoms with van der Waals surface area (Å²) in [4.78, 5) is 5.10. The minimum atomic E-state index is 0.346. The molecule has 2 heterocycles. The van der Waals surface area contributed by atoms with Gasteiger partial charge in [-0.25, -0.2) is 9.55 Å². The van der Waals surface area contributed by atoms with E-state index in [0.717, 1.165) is 11.9 Å². The van der Waals surface area contributed by atoms with E-state index in [1.165, 1.54) is 65.6 Å². The number of thiazole rings is 1. The first kappa shape index (κ1) is 28.4. The second-order valence-corrected chi connectivity index (χ2v) is 13.8. The summed E-state index contributed by atoms with van der Waals surface area (Å²) < 4.78 is 6.25. The molecule has 214 valence electrons. The predicted octanol–water partition coefficient (Wildman–Crippen LogP) is 10.2. The fourth-order valence-corrected chi connectivity index (χ4v) is 7.66. The second kappa shape index (κ2) is 11.1. The zero-order valence-electron chi connectivity index (χ0n) is 26.2. The molecule has 0 amide bonds. The van der Waals surface area contributed by atoms with Crippen LogP contribution in [0.25, 0.3) is 49.5 Å². The lowest BCUT2D eigenvalue weighted by Gasteiger charge is -2.21. The fourth-order valence-electron chi connectivity index (χ4n) is 6.29. The van der Waals surface area contributed by atoms with Gasteiger partial charge in [-0.15, -0.1) is 11.3 Å². The minimum absolute atomic E-state index is 0.346. The number of aromatic nitrogens is 3. The van der Waals surface area contributed by atoms with Crippen LogP contribution in [0, 0.1) is 12.8 Å². The van der Waals surface area contributed by atoms with Crippen LogP contribution in [0.4, 0.5) is 0 Å². The van der Waals surface area contributed by atoms with Crippen molar-refractivity contribution in [3.8, 4) is 28.2 Å². The van der Waals surface area contributed by atoms with Crippen molar-refractivity contribution >= 4 is 32.6 Å². The molecule has 0 spiro atoms. The van der Waals surface area contributed by atoms with Crippen molar-refractivity contribution in [1.29, 1.82) is 0 Å². The number of aryl methyl sites for hydroxylation is 2. The van der Waals surface area contributed by atoms with Gasteiger partial charge in [0.1, 0.15) is 5.69 Å². The van der Waals surface area contributed by atoms with Gasteiger partial charge in [-0.1, -0.05) is 90.1 Å². The van der Waals surface area contributed by atoms with Crippen molar-refractivity contribution in [2.45, 2.75) is 66.7 Å². The summed E-state index contributed by atoms with van der Waals surface area (Å²) in [6, 6.07) is 29.0. The van der Waals surface area contributed by atoms with E-state index in [2.05, 4.69) is 144 Å². The van der Waals surface area contributed by atoms with Gasteiger partial charge >= 0.3 is 0 Å². The molecule has 0 unspecified atom stereocenters. The maximum atomic E-state index is 5.10. The molecule has 0 aliphatic carbocycles. The van der Waals surface area contributed by atoms with Crippen LogP contribution in [0.15, 0.2) is 78.9 Å². The standard InChI is InChI=1S/C38H42N3S/c1-23(2)20-34-39-31-19-18-26(7)35(37(31)42-34)38-40(8)32-16-12-13-17-33(32)41(38)36-29(24(3)4)21-28(22-30(36)25(5)6)27-14-10-9-11-15-27/h9-19,21-25H,20H2,1-8H3/q+1. The smallest absolute Gasteiger partial charge is 0.241 e. The van der Waals surface area contributed by atoms with Gasteiger partial charge < -0.3 is 0 Å². The monoisotopic (exact) mass is 572 g/mol. The van der Waals surface area contributed by atoms with E-state index in [0.29, 0.717) is 17.8 Å². The number of hydrogen-bond acceptors (Lipinski definition) is 2. The van der Waals surface area contributed by atoms with E-state index < -0.39 is 0 Å². The van der Waals surface area contributed by atoms with Crippen LogP contribution in [0.2, 0.25) is 0 Å². The van der Waals surface area contributed by atoms with Gasteiger partial charge in [0.2, 0.25) is 0 Å². The van der Waals surface area contributed by atoms with Crippen molar-refractivity contribution in [1.82, 2.24) is 9.55 Å². The van der Waals surface area contributed by atoms with Gasteiger partial charge in [-0.3, -0.25) is 0 Å². The number of imidazole rings is 1. The molecule has 2 aromatic heterocycles. The quantitative estimate of drug-likeness (QED) is 0.174. The molecule has 0 aliphatic heterocycles. The average molecular weight is 573 g/mol. The summed E-state index contributed by atoms with van der Waals surface area (Å²) >= 11 is 1.87. The molecular weight excluding hydrogens is 531 g/mol. The molecule has 0 aliphatic rings. The van der Waals surface area contributed by atoms with Crippen molar-refractivity contribution in [3.05, 3.63) is 101 Å². The normalized spacial score (nSPS) is 12.1. The highest BCUT2D eigenvalue weighted by atomic mass is 32.1. The number of hydrogen-bond donors (Lipinski definition) is 0. The molecule has 4 heteroatoms. The zero-order valence-corrected chi connectivity index (χ0v) is 27.0. The SMILES string of the molecule is Cc1ccc2nc(CC(C)C)sc2c1-c1n(-c2c(C(C)C)cc(-c3ccccc3)cc2C(C)C)c2ccccc2[n+]1C. The van der Waals surface area contributed by atoms with Crippen LogP contribution in [0.5, 0.6) is 0 Å². The highest BCUT2D eigenvalue weighted by Gasteiger charge is 2.33. The molecule has 0 saturated heterocycles. The molecular formula is C38H42N3S+. The van der Waals surface area contributed by atoms with Crippen LogP contribution in [0.3, 0.4) is 0 Å². The third kappa shape index (κ3) is 4.86. The lowest BCUT2D eigenvalue weighted by Crippen LogP contribution is -2.30. The van der Waals surface area contributed by atoms with E-state index >= 15 is 0 Å². The Hall–Kier alpha value is -3.76. The van der Waals surface area contributed by atoms with Crippen LogP contribution in [-0.2, 0) is 13.5 Å². The first-order chi connectivity index (χ1) is 20.2. The largest absolute Gasteiger partial charge is 0.296 e. The molecule has 0 radical (unpaired) electrons. The lowest BCUT2D eigenvalue weighted by atomic mass is 9.88. The Morgan fingerprint density at radius 3 is 2.07 bits per heavy atom. The van der Waals surface area contributed by atoms with Crippen molar-refractivity contribution in [3.63, 3.8) is 0 Å². The number of para-hydroxylation sites is 2.